The van der Waals surface area contributed by atoms with Crippen molar-refractivity contribution in [1.29, 1.82) is 0 Å². The van der Waals surface area contributed by atoms with Gasteiger partial charge < -0.3 is 5.11 Å². The lowest BCUT2D eigenvalue weighted by Crippen LogP contribution is -2.02. The first-order valence-electron chi connectivity index (χ1n) is 5.54. The van der Waals surface area contributed by atoms with Crippen molar-refractivity contribution in [1.82, 2.24) is 0 Å². The van der Waals surface area contributed by atoms with Crippen LogP contribution in [0.15, 0.2) is 45.3 Å². The van der Waals surface area contributed by atoms with Gasteiger partial charge in [-0.3, -0.25) is 0 Å². The van der Waals surface area contributed by atoms with Crippen LogP contribution >= 0.6 is 43.5 Å². The summed E-state index contributed by atoms with van der Waals surface area (Å²) in [5, 5.41) is 10.8. The first kappa shape index (κ1) is 15.0. The smallest absolute Gasteiger partial charge is 0.124 e. The van der Waals surface area contributed by atoms with Crippen LogP contribution in [0, 0.1) is 5.82 Å². The number of hydrogen-bond donors (Lipinski definition) is 1. The molecule has 0 aliphatic heterocycles. The highest BCUT2D eigenvalue weighted by Crippen LogP contribution is 2.29. The third-order valence-corrected chi connectivity index (χ3v) is 4.71. The Morgan fingerprint density at radius 2 is 1.84 bits per heavy atom. The monoisotopic (exact) mass is 406 g/mol. The zero-order valence-electron chi connectivity index (χ0n) is 9.71. The van der Waals surface area contributed by atoms with Gasteiger partial charge >= 0.3 is 0 Å². The predicted octanol–water partition coefficient (Wildman–Crippen LogP) is 5.28. The fourth-order valence-corrected chi connectivity index (χ4v) is 2.76. The van der Waals surface area contributed by atoms with Crippen LogP contribution in [0.1, 0.15) is 17.2 Å². The second kappa shape index (κ2) is 6.35. The lowest BCUT2D eigenvalue weighted by Gasteiger charge is -2.13. The molecule has 0 bridgehead atoms. The Bertz CT molecular complexity index is 604. The summed E-state index contributed by atoms with van der Waals surface area (Å²) >= 11 is 12.5. The molecular weight excluding hydrogens is 398 g/mol. The first-order chi connectivity index (χ1) is 8.97. The van der Waals surface area contributed by atoms with Crippen LogP contribution in [0.5, 0.6) is 0 Å². The number of aliphatic hydroxyl groups is 1. The molecule has 0 heterocycles. The van der Waals surface area contributed by atoms with Crippen LogP contribution in [-0.2, 0) is 6.42 Å². The molecule has 0 radical (unpaired) electrons. The third-order valence-electron chi connectivity index (χ3n) is 2.76. The van der Waals surface area contributed by atoms with E-state index in [1.54, 1.807) is 24.3 Å². The lowest BCUT2D eigenvalue weighted by molar-refractivity contribution is 0.178. The minimum atomic E-state index is -0.671. The van der Waals surface area contributed by atoms with E-state index in [1.807, 2.05) is 0 Å². The maximum Gasteiger partial charge on any atom is 0.124 e. The van der Waals surface area contributed by atoms with Crippen LogP contribution in [0.2, 0.25) is 5.02 Å². The molecule has 100 valence electrons. The van der Waals surface area contributed by atoms with E-state index >= 15 is 0 Å². The number of hydrogen-bond acceptors (Lipinski definition) is 1. The van der Waals surface area contributed by atoms with E-state index in [0.29, 0.717) is 15.9 Å². The molecule has 1 nitrogen and oxygen atoms in total. The molecule has 0 aliphatic rings. The number of rotatable bonds is 3. The van der Waals surface area contributed by atoms with Crippen LogP contribution in [0.3, 0.4) is 0 Å². The second-order valence-electron chi connectivity index (χ2n) is 4.13. The van der Waals surface area contributed by atoms with Crippen LogP contribution in [0.4, 0.5) is 4.39 Å². The number of halogens is 4. The SMILES string of the molecule is OC(Cc1ccc(F)cc1Br)c1ccc(Cl)c(Br)c1. The van der Waals surface area contributed by atoms with Crippen LogP contribution in [-0.4, -0.2) is 5.11 Å². The number of aliphatic hydroxyl groups excluding tert-OH is 1. The van der Waals surface area contributed by atoms with Crippen molar-refractivity contribution < 1.29 is 9.50 Å². The second-order valence-corrected chi connectivity index (χ2v) is 6.25. The molecule has 0 saturated heterocycles. The van der Waals surface area contributed by atoms with E-state index in [-0.39, 0.29) is 5.82 Å². The lowest BCUT2D eigenvalue weighted by atomic mass is 10.0. The summed E-state index contributed by atoms with van der Waals surface area (Å²) in [6, 6.07) is 9.71. The van der Waals surface area contributed by atoms with Gasteiger partial charge in [-0.2, -0.15) is 0 Å². The van der Waals surface area contributed by atoms with E-state index in [0.717, 1.165) is 15.6 Å². The summed E-state index contributed by atoms with van der Waals surface area (Å²) in [5.74, 6) is -0.306. The predicted molar refractivity (Wildman–Crippen MR) is 81.9 cm³/mol. The molecule has 2 aromatic carbocycles. The molecule has 0 amide bonds. The average molecular weight is 408 g/mol. The van der Waals surface area contributed by atoms with Crippen molar-refractivity contribution >= 4 is 43.5 Å². The van der Waals surface area contributed by atoms with Gasteiger partial charge in [0.15, 0.2) is 0 Å². The van der Waals surface area contributed by atoms with E-state index in [9.17, 15) is 9.50 Å². The fourth-order valence-electron chi connectivity index (χ4n) is 1.73. The Hall–Kier alpha value is -0.420. The van der Waals surface area contributed by atoms with Gasteiger partial charge in [0.05, 0.1) is 11.1 Å². The van der Waals surface area contributed by atoms with Crippen molar-refractivity contribution in [2.45, 2.75) is 12.5 Å². The highest BCUT2D eigenvalue weighted by molar-refractivity contribution is 9.10. The highest BCUT2D eigenvalue weighted by Gasteiger charge is 2.12. The first-order valence-corrected chi connectivity index (χ1v) is 7.50. The largest absolute Gasteiger partial charge is 0.388 e. The summed E-state index contributed by atoms with van der Waals surface area (Å²) in [6.07, 6.45) is -0.273. The zero-order chi connectivity index (χ0) is 14.0. The van der Waals surface area contributed by atoms with Gasteiger partial charge in [0.25, 0.3) is 0 Å². The number of benzene rings is 2. The van der Waals surface area contributed by atoms with Gasteiger partial charge in [-0.05, 0) is 51.3 Å². The molecular formula is C14H10Br2ClFO. The van der Waals surface area contributed by atoms with Gasteiger partial charge in [0.2, 0.25) is 0 Å². The molecule has 0 aliphatic carbocycles. The van der Waals surface area contributed by atoms with Crippen molar-refractivity contribution in [3.05, 3.63) is 67.3 Å². The molecule has 0 fully saturated rings. The molecule has 2 aromatic rings. The summed E-state index contributed by atoms with van der Waals surface area (Å²) in [5.41, 5.74) is 1.60. The van der Waals surface area contributed by atoms with Crippen LogP contribution < -0.4 is 0 Å². The summed E-state index contributed by atoms with van der Waals surface area (Å²) in [7, 11) is 0. The Morgan fingerprint density at radius 3 is 2.47 bits per heavy atom. The van der Waals surface area contributed by atoms with Crippen molar-refractivity contribution in [2.24, 2.45) is 0 Å². The average Bonchev–Trinajstić information content (AvgIpc) is 2.36. The molecule has 0 saturated carbocycles. The van der Waals surface area contributed by atoms with Crippen LogP contribution in [0.25, 0.3) is 0 Å². The van der Waals surface area contributed by atoms with Crippen molar-refractivity contribution in [3.8, 4) is 0 Å². The Balaban J connectivity index is 2.20. The summed E-state index contributed by atoms with van der Waals surface area (Å²) < 4.78 is 14.4. The van der Waals surface area contributed by atoms with E-state index in [4.69, 9.17) is 11.6 Å². The summed E-state index contributed by atoms with van der Waals surface area (Å²) in [6.45, 7) is 0. The van der Waals surface area contributed by atoms with E-state index < -0.39 is 6.10 Å². The molecule has 19 heavy (non-hydrogen) atoms. The normalized spacial score (nSPS) is 12.5. The Kier molecular flexibility index (Phi) is 5.01. The quantitative estimate of drug-likeness (QED) is 0.733. The Labute approximate surface area is 132 Å². The molecule has 2 rings (SSSR count). The molecule has 5 heteroatoms. The third kappa shape index (κ3) is 3.78. The fraction of sp³-hybridized carbons (Fsp3) is 0.143. The molecule has 1 atom stereocenters. The van der Waals surface area contributed by atoms with Gasteiger partial charge in [-0.15, -0.1) is 0 Å². The maximum absolute atomic E-state index is 13.0. The van der Waals surface area contributed by atoms with Gasteiger partial charge in [0, 0.05) is 15.4 Å². The minimum absolute atomic E-state index is 0.306. The summed E-state index contributed by atoms with van der Waals surface area (Å²) in [4.78, 5) is 0. The molecule has 0 aromatic heterocycles. The molecule has 0 spiro atoms. The van der Waals surface area contributed by atoms with Crippen molar-refractivity contribution in [3.63, 3.8) is 0 Å². The minimum Gasteiger partial charge on any atom is -0.388 e. The topological polar surface area (TPSA) is 20.2 Å². The Morgan fingerprint density at radius 1 is 1.11 bits per heavy atom. The highest BCUT2D eigenvalue weighted by atomic mass is 79.9. The van der Waals surface area contributed by atoms with E-state index in [1.165, 1.54) is 12.1 Å². The van der Waals surface area contributed by atoms with E-state index in [2.05, 4.69) is 31.9 Å². The standard InChI is InChI=1S/C14H10Br2ClFO/c15-11-7-10(18)3-1-8(11)6-14(19)9-2-4-13(17)12(16)5-9/h1-5,7,14,19H,6H2. The molecule has 1 unspecified atom stereocenters. The van der Waals surface area contributed by atoms with Gasteiger partial charge in [-0.25, -0.2) is 4.39 Å². The maximum atomic E-state index is 13.0. The van der Waals surface area contributed by atoms with Gasteiger partial charge in [0.1, 0.15) is 5.82 Å². The van der Waals surface area contributed by atoms with Gasteiger partial charge in [-0.1, -0.05) is 39.7 Å². The molecule has 1 N–H and O–H groups in total. The zero-order valence-corrected chi connectivity index (χ0v) is 13.6. The van der Waals surface area contributed by atoms with Crippen molar-refractivity contribution in [2.75, 3.05) is 0 Å².